The van der Waals surface area contributed by atoms with Crippen LogP contribution in [0.15, 0.2) is 48.5 Å². The molecule has 0 aliphatic carbocycles. The van der Waals surface area contributed by atoms with Crippen molar-refractivity contribution >= 4 is 29.2 Å². The van der Waals surface area contributed by atoms with Crippen molar-refractivity contribution in [2.24, 2.45) is 0 Å². The summed E-state index contributed by atoms with van der Waals surface area (Å²) in [4.78, 5) is 24.2. The molecule has 25 heavy (non-hydrogen) atoms. The van der Waals surface area contributed by atoms with Crippen LogP contribution in [0.5, 0.6) is 5.75 Å². The molecular formula is C19H20ClNO4. The number of benzene rings is 2. The molecule has 1 atom stereocenters. The topological polar surface area (TPSA) is 64.6 Å². The Hall–Kier alpha value is -2.53. The summed E-state index contributed by atoms with van der Waals surface area (Å²) in [6.45, 7) is 3.89. The number of esters is 1. The second kappa shape index (κ2) is 9.08. The summed E-state index contributed by atoms with van der Waals surface area (Å²) in [5, 5.41) is 3.36. The zero-order chi connectivity index (χ0) is 18.2. The Morgan fingerprint density at radius 2 is 1.84 bits per heavy atom. The van der Waals surface area contributed by atoms with Crippen LogP contribution in [0.1, 0.15) is 30.6 Å². The minimum Gasteiger partial charge on any atom is -0.481 e. The molecule has 2 aromatic carbocycles. The third kappa shape index (κ3) is 5.50. The average molecular weight is 362 g/mol. The Morgan fingerprint density at radius 1 is 1.12 bits per heavy atom. The summed E-state index contributed by atoms with van der Waals surface area (Å²) in [6, 6.07) is 13.4. The second-order valence-corrected chi connectivity index (χ2v) is 5.70. The van der Waals surface area contributed by atoms with Gasteiger partial charge in [0.1, 0.15) is 5.75 Å². The van der Waals surface area contributed by atoms with E-state index >= 15 is 0 Å². The first-order valence-electron chi connectivity index (χ1n) is 8.03. The number of hydrogen-bond donors (Lipinski definition) is 1. The van der Waals surface area contributed by atoms with Crippen LogP contribution in [0.25, 0.3) is 0 Å². The van der Waals surface area contributed by atoms with Crippen LogP contribution < -0.4 is 10.1 Å². The summed E-state index contributed by atoms with van der Waals surface area (Å²) in [5.41, 5.74) is 0.889. The molecular weight excluding hydrogens is 342 g/mol. The maximum atomic E-state index is 12.4. The molecule has 132 valence electrons. The standard InChI is InChI=1S/C19H20ClNO4/c1-3-17(25-16-10-8-14(20)9-11-16)18(22)21-15-7-5-6-13(12-15)19(23)24-4-2/h5-12,17H,3-4H2,1-2H3,(H,21,22)/t17-/m1/s1. The first kappa shape index (κ1) is 18.8. The van der Waals surface area contributed by atoms with Gasteiger partial charge in [-0.3, -0.25) is 4.79 Å². The molecule has 0 aliphatic heterocycles. The van der Waals surface area contributed by atoms with Gasteiger partial charge in [0, 0.05) is 10.7 Å². The highest BCUT2D eigenvalue weighted by molar-refractivity contribution is 6.30. The number of ether oxygens (including phenoxy) is 2. The average Bonchev–Trinajstić information content (AvgIpc) is 2.61. The van der Waals surface area contributed by atoms with Crippen molar-refractivity contribution in [3.63, 3.8) is 0 Å². The van der Waals surface area contributed by atoms with E-state index in [9.17, 15) is 9.59 Å². The Kier molecular flexibility index (Phi) is 6.83. The highest BCUT2D eigenvalue weighted by Crippen LogP contribution is 2.19. The fraction of sp³-hybridized carbons (Fsp3) is 0.263. The second-order valence-electron chi connectivity index (χ2n) is 5.26. The SMILES string of the molecule is CCOC(=O)c1cccc(NC(=O)[C@@H](CC)Oc2ccc(Cl)cc2)c1. The monoisotopic (exact) mass is 361 g/mol. The molecule has 0 saturated heterocycles. The van der Waals surface area contributed by atoms with Gasteiger partial charge in [0.2, 0.25) is 0 Å². The van der Waals surface area contributed by atoms with Gasteiger partial charge in [-0.1, -0.05) is 24.6 Å². The van der Waals surface area contributed by atoms with Gasteiger partial charge in [-0.05, 0) is 55.8 Å². The van der Waals surface area contributed by atoms with Crippen LogP contribution in [0.3, 0.4) is 0 Å². The number of anilines is 1. The van der Waals surface area contributed by atoms with Crippen molar-refractivity contribution in [2.75, 3.05) is 11.9 Å². The van der Waals surface area contributed by atoms with Gasteiger partial charge in [-0.15, -0.1) is 0 Å². The molecule has 0 bridgehead atoms. The Bertz CT molecular complexity index is 730. The lowest BCUT2D eigenvalue weighted by Gasteiger charge is -2.17. The lowest BCUT2D eigenvalue weighted by Crippen LogP contribution is -2.32. The molecule has 0 saturated carbocycles. The van der Waals surface area contributed by atoms with Crippen molar-refractivity contribution in [1.82, 2.24) is 0 Å². The van der Waals surface area contributed by atoms with Gasteiger partial charge in [-0.2, -0.15) is 0 Å². The first-order chi connectivity index (χ1) is 12.0. The summed E-state index contributed by atoms with van der Waals surface area (Å²) >= 11 is 5.84. The van der Waals surface area contributed by atoms with Gasteiger partial charge in [0.25, 0.3) is 5.91 Å². The highest BCUT2D eigenvalue weighted by atomic mass is 35.5. The third-order valence-corrected chi connectivity index (χ3v) is 3.65. The number of hydrogen-bond acceptors (Lipinski definition) is 4. The quantitative estimate of drug-likeness (QED) is 0.746. The largest absolute Gasteiger partial charge is 0.481 e. The molecule has 0 aliphatic rings. The van der Waals surface area contributed by atoms with Gasteiger partial charge >= 0.3 is 5.97 Å². The third-order valence-electron chi connectivity index (χ3n) is 3.40. The zero-order valence-electron chi connectivity index (χ0n) is 14.1. The summed E-state index contributed by atoms with van der Waals surface area (Å²) in [7, 11) is 0. The van der Waals surface area contributed by atoms with Crippen molar-refractivity contribution in [3.8, 4) is 5.75 Å². The van der Waals surface area contributed by atoms with E-state index in [0.29, 0.717) is 35.1 Å². The normalized spacial score (nSPS) is 11.5. The molecule has 0 aromatic heterocycles. The summed E-state index contributed by atoms with van der Waals surface area (Å²) < 4.78 is 10.7. The van der Waals surface area contributed by atoms with Crippen molar-refractivity contribution in [3.05, 3.63) is 59.1 Å². The number of carbonyl (C=O) groups is 2. The molecule has 0 radical (unpaired) electrons. The van der Waals surface area contributed by atoms with Crippen LogP contribution in [-0.4, -0.2) is 24.6 Å². The molecule has 1 amide bonds. The molecule has 0 fully saturated rings. The lowest BCUT2D eigenvalue weighted by atomic mass is 10.2. The van der Waals surface area contributed by atoms with Crippen LogP contribution in [-0.2, 0) is 9.53 Å². The Balaban J connectivity index is 2.05. The van der Waals surface area contributed by atoms with Crippen molar-refractivity contribution in [2.45, 2.75) is 26.4 Å². The lowest BCUT2D eigenvalue weighted by molar-refractivity contribution is -0.122. The van der Waals surface area contributed by atoms with Crippen LogP contribution in [0.4, 0.5) is 5.69 Å². The molecule has 2 aromatic rings. The van der Waals surface area contributed by atoms with Gasteiger partial charge in [0.15, 0.2) is 6.10 Å². The molecule has 0 heterocycles. The van der Waals surface area contributed by atoms with E-state index in [1.165, 1.54) is 0 Å². The molecule has 2 rings (SSSR count). The number of carbonyl (C=O) groups excluding carboxylic acids is 2. The zero-order valence-corrected chi connectivity index (χ0v) is 14.9. The fourth-order valence-electron chi connectivity index (χ4n) is 2.16. The van der Waals surface area contributed by atoms with Crippen LogP contribution >= 0.6 is 11.6 Å². The molecule has 0 unspecified atom stereocenters. The smallest absolute Gasteiger partial charge is 0.338 e. The van der Waals surface area contributed by atoms with E-state index < -0.39 is 12.1 Å². The van der Waals surface area contributed by atoms with E-state index in [2.05, 4.69) is 5.32 Å². The first-order valence-corrected chi connectivity index (χ1v) is 8.41. The molecule has 1 N–H and O–H groups in total. The Morgan fingerprint density at radius 3 is 2.48 bits per heavy atom. The minimum atomic E-state index is -0.660. The molecule has 6 heteroatoms. The van der Waals surface area contributed by atoms with Gasteiger partial charge in [0.05, 0.1) is 12.2 Å². The van der Waals surface area contributed by atoms with Gasteiger partial charge < -0.3 is 14.8 Å². The maximum Gasteiger partial charge on any atom is 0.338 e. The predicted octanol–water partition coefficient (Wildman–Crippen LogP) is 4.31. The summed E-state index contributed by atoms with van der Waals surface area (Å²) in [6.07, 6.45) is -0.168. The fourth-order valence-corrected chi connectivity index (χ4v) is 2.29. The van der Waals surface area contributed by atoms with Crippen LogP contribution in [0.2, 0.25) is 5.02 Å². The number of rotatable bonds is 7. The van der Waals surface area contributed by atoms with E-state index in [-0.39, 0.29) is 5.91 Å². The van der Waals surface area contributed by atoms with Crippen molar-refractivity contribution < 1.29 is 19.1 Å². The van der Waals surface area contributed by atoms with E-state index in [4.69, 9.17) is 21.1 Å². The van der Waals surface area contributed by atoms with Gasteiger partial charge in [-0.25, -0.2) is 4.79 Å². The number of halogens is 1. The molecule has 0 spiro atoms. The predicted molar refractivity (Wildman–Crippen MR) is 97.2 cm³/mol. The number of amides is 1. The van der Waals surface area contributed by atoms with Crippen molar-refractivity contribution in [1.29, 1.82) is 0 Å². The van der Waals surface area contributed by atoms with E-state index in [1.54, 1.807) is 55.5 Å². The minimum absolute atomic E-state index is 0.293. The Labute approximate surface area is 151 Å². The van der Waals surface area contributed by atoms with E-state index in [1.807, 2.05) is 6.92 Å². The van der Waals surface area contributed by atoms with Crippen LogP contribution in [0, 0.1) is 0 Å². The summed E-state index contributed by atoms with van der Waals surface area (Å²) in [5.74, 6) is -0.159. The number of nitrogens with one attached hydrogen (secondary N) is 1. The highest BCUT2D eigenvalue weighted by Gasteiger charge is 2.19. The molecule has 5 nitrogen and oxygen atoms in total. The maximum absolute atomic E-state index is 12.4. The van der Waals surface area contributed by atoms with E-state index in [0.717, 1.165) is 0 Å².